The molecule has 2 atom stereocenters. The van der Waals surface area contributed by atoms with Gasteiger partial charge in [0, 0.05) is 12.0 Å². The number of ether oxygens (including phenoxy) is 1. The molecule has 0 radical (unpaired) electrons. The number of carbonyl (C=O) groups is 1. The smallest absolute Gasteiger partial charge is 0.407 e. The van der Waals surface area contributed by atoms with Crippen LogP contribution >= 0.6 is 0 Å². The van der Waals surface area contributed by atoms with Crippen molar-refractivity contribution >= 4 is 6.09 Å². The largest absolute Gasteiger partial charge is 0.444 e. The normalized spacial score (nSPS) is 25.9. The van der Waals surface area contributed by atoms with E-state index in [9.17, 15) is 13.6 Å². The van der Waals surface area contributed by atoms with E-state index in [0.29, 0.717) is 12.8 Å². The number of alkyl carbamates (subject to hydrolysis) is 1. The van der Waals surface area contributed by atoms with Gasteiger partial charge in [0.15, 0.2) is 0 Å². The monoisotopic (exact) mass is 235 g/mol. The number of carbonyl (C=O) groups excluding carboxylic acids is 1. The van der Waals surface area contributed by atoms with Gasteiger partial charge >= 0.3 is 6.09 Å². The van der Waals surface area contributed by atoms with Gasteiger partial charge in [-0.25, -0.2) is 13.6 Å². The summed E-state index contributed by atoms with van der Waals surface area (Å²) in [4.78, 5) is 11.4. The van der Waals surface area contributed by atoms with E-state index in [1.54, 1.807) is 20.8 Å². The van der Waals surface area contributed by atoms with Crippen LogP contribution in [0.3, 0.4) is 0 Å². The number of amides is 1. The molecule has 0 saturated heterocycles. The fourth-order valence-electron chi connectivity index (χ4n) is 1.93. The minimum atomic E-state index is -2.37. The molecule has 1 rings (SSSR count). The van der Waals surface area contributed by atoms with Gasteiger partial charge in [0.05, 0.1) is 0 Å². The highest BCUT2D eigenvalue weighted by molar-refractivity contribution is 5.68. The number of alkyl halides is 2. The van der Waals surface area contributed by atoms with Crippen LogP contribution in [0.1, 0.15) is 40.0 Å². The molecular formula is C11H19F2NO2. The maximum atomic E-state index is 12.6. The summed E-state index contributed by atoms with van der Waals surface area (Å²) in [6.45, 7) is 5.23. The number of hydrogen-bond donors (Lipinski definition) is 1. The summed E-state index contributed by atoms with van der Waals surface area (Å²) >= 11 is 0. The summed E-state index contributed by atoms with van der Waals surface area (Å²) in [5.74, 6) is -0.729. The minimum Gasteiger partial charge on any atom is -0.444 e. The van der Waals surface area contributed by atoms with Crippen LogP contribution < -0.4 is 5.32 Å². The van der Waals surface area contributed by atoms with E-state index >= 15 is 0 Å². The maximum Gasteiger partial charge on any atom is 0.407 e. The van der Waals surface area contributed by atoms with Crippen molar-refractivity contribution in [1.29, 1.82) is 0 Å². The Hall–Kier alpha value is -0.870. The molecule has 0 unspecified atom stereocenters. The molecule has 0 bridgehead atoms. The van der Waals surface area contributed by atoms with E-state index in [0.717, 1.165) is 6.42 Å². The van der Waals surface area contributed by atoms with E-state index in [1.165, 1.54) is 0 Å². The zero-order valence-corrected chi connectivity index (χ0v) is 9.93. The Morgan fingerprint density at radius 3 is 2.50 bits per heavy atom. The Morgan fingerprint density at radius 2 is 2.00 bits per heavy atom. The van der Waals surface area contributed by atoms with Crippen LogP contribution in [0.25, 0.3) is 0 Å². The topological polar surface area (TPSA) is 38.3 Å². The molecule has 0 aromatic carbocycles. The lowest BCUT2D eigenvalue weighted by Gasteiger charge is -2.24. The van der Waals surface area contributed by atoms with Crippen molar-refractivity contribution < 1.29 is 18.3 Å². The number of nitrogens with one attached hydrogen (secondary N) is 1. The van der Waals surface area contributed by atoms with Gasteiger partial charge in [-0.1, -0.05) is 6.42 Å². The molecule has 1 amide bonds. The summed E-state index contributed by atoms with van der Waals surface area (Å²) in [5.41, 5.74) is -0.594. The summed E-state index contributed by atoms with van der Waals surface area (Å²) in [5, 5.41) is 2.53. The van der Waals surface area contributed by atoms with Gasteiger partial charge < -0.3 is 10.1 Å². The minimum absolute atomic E-state index is 0.449. The molecule has 3 nitrogen and oxygen atoms in total. The highest BCUT2D eigenvalue weighted by atomic mass is 19.3. The predicted molar refractivity (Wildman–Crippen MR) is 56.5 cm³/mol. The first-order valence-electron chi connectivity index (χ1n) is 5.57. The molecule has 0 spiro atoms. The van der Waals surface area contributed by atoms with E-state index in [-0.39, 0.29) is 0 Å². The van der Waals surface area contributed by atoms with Crippen molar-refractivity contribution in [1.82, 2.24) is 5.32 Å². The molecule has 0 aromatic heterocycles. The lowest BCUT2D eigenvalue weighted by atomic mass is 10.1. The Morgan fingerprint density at radius 1 is 1.38 bits per heavy atom. The quantitative estimate of drug-likeness (QED) is 0.799. The first-order chi connectivity index (χ1) is 7.29. The summed E-state index contributed by atoms with van der Waals surface area (Å²) < 4.78 is 30.2. The second-order valence-electron chi connectivity index (χ2n) is 5.18. The van der Waals surface area contributed by atoms with E-state index in [4.69, 9.17) is 4.74 Å². The average molecular weight is 235 g/mol. The van der Waals surface area contributed by atoms with Gasteiger partial charge in [0.1, 0.15) is 5.60 Å². The van der Waals surface area contributed by atoms with Crippen LogP contribution in [0, 0.1) is 5.92 Å². The summed E-state index contributed by atoms with van der Waals surface area (Å²) in [6.07, 6.45) is -1.17. The van der Waals surface area contributed by atoms with Gasteiger partial charge in [0.25, 0.3) is 0 Å². The Bertz CT molecular complexity index is 251. The maximum absolute atomic E-state index is 12.6. The van der Waals surface area contributed by atoms with Crippen LogP contribution in [0.15, 0.2) is 0 Å². The molecule has 0 aliphatic heterocycles. The van der Waals surface area contributed by atoms with Crippen LogP contribution in [0.4, 0.5) is 13.6 Å². The van der Waals surface area contributed by atoms with E-state index in [2.05, 4.69) is 5.32 Å². The van der Waals surface area contributed by atoms with E-state index in [1.807, 2.05) is 0 Å². The molecule has 0 aromatic rings. The Kier molecular flexibility index (Phi) is 4.10. The van der Waals surface area contributed by atoms with Crippen LogP contribution in [0.5, 0.6) is 0 Å². The van der Waals surface area contributed by atoms with Crippen molar-refractivity contribution in [2.75, 3.05) is 0 Å². The number of hydrogen-bond acceptors (Lipinski definition) is 2. The molecule has 0 heterocycles. The fourth-order valence-corrected chi connectivity index (χ4v) is 1.93. The fraction of sp³-hybridized carbons (Fsp3) is 0.909. The first-order valence-corrected chi connectivity index (χ1v) is 5.57. The van der Waals surface area contributed by atoms with Crippen molar-refractivity contribution in [2.24, 2.45) is 5.92 Å². The van der Waals surface area contributed by atoms with E-state index < -0.39 is 30.1 Å². The molecule has 1 N–H and O–H groups in total. The second kappa shape index (κ2) is 4.97. The number of rotatable bonds is 2. The van der Waals surface area contributed by atoms with Gasteiger partial charge in [-0.15, -0.1) is 0 Å². The second-order valence-corrected chi connectivity index (χ2v) is 5.18. The Labute approximate surface area is 94.5 Å². The third-order valence-corrected chi connectivity index (χ3v) is 2.60. The standard InChI is InChI=1S/C11H19F2NO2/c1-11(2,3)16-10(15)14-8-6-4-5-7(8)9(12)13/h7-9H,4-6H2,1-3H3,(H,14,15)/t7-,8-/m1/s1. The van der Waals surface area contributed by atoms with Crippen LogP contribution in [-0.4, -0.2) is 24.2 Å². The summed E-state index contributed by atoms with van der Waals surface area (Å²) in [6, 6.07) is -0.449. The predicted octanol–water partition coefficient (Wildman–Crippen LogP) is 2.94. The molecule has 5 heteroatoms. The molecule has 94 valence electrons. The van der Waals surface area contributed by atoms with Gasteiger partial charge in [-0.3, -0.25) is 0 Å². The van der Waals surface area contributed by atoms with Crippen molar-refractivity contribution in [3.05, 3.63) is 0 Å². The summed E-state index contributed by atoms with van der Waals surface area (Å²) in [7, 11) is 0. The van der Waals surface area contributed by atoms with Crippen molar-refractivity contribution in [3.8, 4) is 0 Å². The third-order valence-electron chi connectivity index (χ3n) is 2.60. The Balaban J connectivity index is 2.44. The van der Waals surface area contributed by atoms with Gasteiger partial charge in [-0.05, 0) is 33.6 Å². The SMILES string of the molecule is CC(C)(C)OC(=O)N[C@@H]1CCC[C@H]1C(F)F. The average Bonchev–Trinajstić information content (AvgIpc) is 2.47. The van der Waals surface area contributed by atoms with Gasteiger partial charge in [0.2, 0.25) is 6.43 Å². The molecule has 1 fully saturated rings. The molecule has 1 aliphatic carbocycles. The number of halogens is 2. The van der Waals surface area contributed by atoms with Crippen LogP contribution in [0.2, 0.25) is 0 Å². The van der Waals surface area contributed by atoms with Crippen LogP contribution in [-0.2, 0) is 4.74 Å². The highest BCUT2D eigenvalue weighted by Crippen LogP contribution is 2.30. The zero-order valence-electron chi connectivity index (χ0n) is 9.93. The van der Waals surface area contributed by atoms with Gasteiger partial charge in [-0.2, -0.15) is 0 Å². The molecular weight excluding hydrogens is 216 g/mol. The molecule has 1 saturated carbocycles. The highest BCUT2D eigenvalue weighted by Gasteiger charge is 2.35. The lowest BCUT2D eigenvalue weighted by Crippen LogP contribution is -2.42. The molecule has 16 heavy (non-hydrogen) atoms. The third kappa shape index (κ3) is 3.94. The van der Waals surface area contributed by atoms with Crippen molar-refractivity contribution in [2.45, 2.75) is 58.1 Å². The first kappa shape index (κ1) is 13.2. The van der Waals surface area contributed by atoms with Crippen molar-refractivity contribution in [3.63, 3.8) is 0 Å². The zero-order chi connectivity index (χ0) is 12.3. The lowest BCUT2D eigenvalue weighted by molar-refractivity contribution is 0.0383. The molecule has 1 aliphatic rings.